The zero-order chi connectivity index (χ0) is 17.4. The van der Waals surface area contributed by atoms with Gasteiger partial charge in [-0.1, -0.05) is 82.7 Å². The molecule has 3 nitrogen and oxygen atoms in total. The highest BCUT2D eigenvalue weighted by Gasteiger charge is 2.47. The fourth-order valence-electron chi connectivity index (χ4n) is 3.64. The molecule has 3 atom stereocenters. The second-order valence-corrected chi connectivity index (χ2v) is 11.0. The maximum Gasteiger partial charge on any atom is 0.316 e. The van der Waals surface area contributed by atoms with E-state index in [4.69, 9.17) is 9.16 Å². The molecular formula is C20H19BrO3Si. The molecule has 0 amide bonds. The summed E-state index contributed by atoms with van der Waals surface area (Å²) >= 11 is 3.51. The van der Waals surface area contributed by atoms with Crippen LogP contribution in [0, 0.1) is 5.92 Å². The molecule has 5 heteroatoms. The Kier molecular flexibility index (Phi) is 4.39. The summed E-state index contributed by atoms with van der Waals surface area (Å²) in [6.45, 7) is 2.21. The summed E-state index contributed by atoms with van der Waals surface area (Å²) in [7, 11) is -2.43. The third-order valence-corrected chi connectivity index (χ3v) is 9.48. The van der Waals surface area contributed by atoms with Crippen molar-refractivity contribution >= 4 is 40.6 Å². The minimum atomic E-state index is -2.43. The standard InChI is InChI=1S/C20H19BrO3Si/c1-25(14-8-4-2-5-9-14,15-10-6-3-7-11-15)24-18-13-19-17(21)12-16(18)20(22)23-19/h2-12,16,18-19H,13H2,1H3/t16-,18+,19-/m1/s1. The molecular weight excluding hydrogens is 396 g/mol. The average molecular weight is 415 g/mol. The van der Waals surface area contributed by atoms with Crippen LogP contribution in [0.2, 0.25) is 6.55 Å². The van der Waals surface area contributed by atoms with Crippen molar-refractivity contribution in [3.63, 3.8) is 0 Å². The first kappa shape index (κ1) is 16.8. The molecule has 0 saturated carbocycles. The van der Waals surface area contributed by atoms with Crippen LogP contribution in [-0.4, -0.2) is 26.5 Å². The number of carbonyl (C=O) groups is 1. The minimum Gasteiger partial charge on any atom is -0.456 e. The van der Waals surface area contributed by atoms with E-state index in [0.717, 1.165) is 4.48 Å². The summed E-state index contributed by atoms with van der Waals surface area (Å²) in [6.07, 6.45) is 2.29. The molecule has 3 aliphatic rings. The quantitative estimate of drug-likeness (QED) is 0.569. The highest BCUT2D eigenvalue weighted by Crippen LogP contribution is 2.38. The van der Waals surface area contributed by atoms with E-state index >= 15 is 0 Å². The van der Waals surface area contributed by atoms with E-state index < -0.39 is 8.32 Å². The predicted molar refractivity (Wildman–Crippen MR) is 104 cm³/mol. The van der Waals surface area contributed by atoms with E-state index in [1.807, 2.05) is 42.5 Å². The van der Waals surface area contributed by atoms with Crippen molar-refractivity contribution in [3.8, 4) is 0 Å². The van der Waals surface area contributed by atoms with Gasteiger partial charge in [-0.25, -0.2) is 0 Å². The fraction of sp³-hybridized carbons (Fsp3) is 0.250. The summed E-state index contributed by atoms with van der Waals surface area (Å²) in [6, 6.07) is 20.7. The second kappa shape index (κ2) is 6.55. The minimum absolute atomic E-state index is 0.148. The summed E-state index contributed by atoms with van der Waals surface area (Å²) < 4.78 is 13.2. The molecule has 1 fully saturated rings. The van der Waals surface area contributed by atoms with Gasteiger partial charge in [-0.2, -0.15) is 0 Å². The molecule has 0 N–H and O–H groups in total. The lowest BCUT2D eigenvalue weighted by molar-refractivity contribution is -0.164. The van der Waals surface area contributed by atoms with E-state index in [1.54, 1.807) is 0 Å². The van der Waals surface area contributed by atoms with Crippen LogP contribution in [0.15, 0.2) is 71.2 Å². The zero-order valence-electron chi connectivity index (χ0n) is 13.9. The van der Waals surface area contributed by atoms with Crippen LogP contribution >= 0.6 is 15.9 Å². The lowest BCUT2D eigenvalue weighted by Gasteiger charge is -2.42. The molecule has 1 saturated heterocycles. The number of halogens is 1. The van der Waals surface area contributed by atoms with Gasteiger partial charge in [-0.15, -0.1) is 0 Å². The summed E-state index contributed by atoms with van der Waals surface area (Å²) in [4.78, 5) is 12.2. The maximum atomic E-state index is 12.2. The van der Waals surface area contributed by atoms with Gasteiger partial charge in [0.1, 0.15) is 12.0 Å². The number of hydrogen-bond donors (Lipinski definition) is 0. The van der Waals surface area contributed by atoms with Crippen LogP contribution in [0.3, 0.4) is 0 Å². The summed E-state index contributed by atoms with van der Waals surface area (Å²) in [5.74, 6) is -0.513. The van der Waals surface area contributed by atoms with Crippen LogP contribution in [0.1, 0.15) is 6.42 Å². The number of hydrogen-bond acceptors (Lipinski definition) is 3. The molecule has 1 aliphatic carbocycles. The van der Waals surface area contributed by atoms with E-state index in [2.05, 4.69) is 46.7 Å². The third kappa shape index (κ3) is 3.01. The molecule has 25 heavy (non-hydrogen) atoms. The smallest absolute Gasteiger partial charge is 0.316 e. The van der Waals surface area contributed by atoms with Gasteiger partial charge in [0.05, 0.1) is 6.10 Å². The lowest BCUT2D eigenvalue weighted by atomic mass is 9.88. The molecule has 0 aromatic heterocycles. The Balaban J connectivity index is 1.72. The molecule has 128 valence electrons. The lowest BCUT2D eigenvalue weighted by Crippen LogP contribution is -2.62. The fourth-order valence-corrected chi connectivity index (χ4v) is 7.31. The first-order valence-corrected chi connectivity index (χ1v) is 11.6. The van der Waals surface area contributed by atoms with Gasteiger partial charge in [0.15, 0.2) is 0 Å². The zero-order valence-corrected chi connectivity index (χ0v) is 16.5. The SMILES string of the molecule is C[Si](O[C@H]1C[C@H]2OC(=O)[C@@H]1C=C2Br)(c1ccccc1)c1ccccc1. The van der Waals surface area contributed by atoms with Crippen molar-refractivity contribution < 1.29 is 14.0 Å². The van der Waals surface area contributed by atoms with Gasteiger partial charge in [0, 0.05) is 10.9 Å². The molecule has 0 unspecified atom stereocenters. The Morgan fingerprint density at radius 1 is 1.04 bits per heavy atom. The first-order chi connectivity index (χ1) is 12.1. The Hall–Kier alpha value is -1.69. The van der Waals surface area contributed by atoms with Gasteiger partial charge < -0.3 is 9.16 Å². The number of ether oxygens (including phenoxy) is 1. The molecule has 2 aromatic carbocycles. The van der Waals surface area contributed by atoms with Gasteiger partial charge in [0.25, 0.3) is 8.32 Å². The predicted octanol–water partition coefficient (Wildman–Crippen LogP) is 2.99. The summed E-state index contributed by atoms with van der Waals surface area (Å²) in [5, 5.41) is 2.41. The number of benzene rings is 2. The Labute approximate surface area is 156 Å². The monoisotopic (exact) mass is 414 g/mol. The van der Waals surface area contributed by atoms with Gasteiger partial charge >= 0.3 is 5.97 Å². The number of esters is 1. The van der Waals surface area contributed by atoms with Gasteiger partial charge in [-0.05, 0) is 16.9 Å². The van der Waals surface area contributed by atoms with E-state index in [0.29, 0.717) is 6.42 Å². The number of fused-ring (bicyclic) bond motifs is 2. The maximum absolute atomic E-state index is 12.2. The Bertz CT molecular complexity index is 767. The highest BCUT2D eigenvalue weighted by molar-refractivity contribution is 9.11. The Morgan fingerprint density at radius 2 is 1.60 bits per heavy atom. The van der Waals surface area contributed by atoms with Crippen LogP contribution in [0.25, 0.3) is 0 Å². The van der Waals surface area contributed by atoms with Crippen LogP contribution in [0.5, 0.6) is 0 Å². The van der Waals surface area contributed by atoms with Crippen molar-refractivity contribution in [3.05, 3.63) is 71.2 Å². The van der Waals surface area contributed by atoms with Gasteiger partial charge in [0.2, 0.25) is 0 Å². The number of carbonyl (C=O) groups excluding carboxylic acids is 1. The Morgan fingerprint density at radius 3 is 2.12 bits per heavy atom. The van der Waals surface area contributed by atoms with E-state index in [1.165, 1.54) is 10.4 Å². The molecule has 0 radical (unpaired) electrons. The molecule has 2 aliphatic heterocycles. The van der Waals surface area contributed by atoms with E-state index in [9.17, 15) is 4.79 Å². The highest BCUT2D eigenvalue weighted by atomic mass is 79.9. The topological polar surface area (TPSA) is 35.5 Å². The van der Waals surface area contributed by atoms with Crippen LogP contribution in [0.4, 0.5) is 0 Å². The van der Waals surface area contributed by atoms with Crippen molar-refractivity contribution in [2.75, 3.05) is 0 Å². The molecule has 2 aromatic rings. The van der Waals surface area contributed by atoms with Crippen LogP contribution in [-0.2, 0) is 14.0 Å². The third-order valence-electron chi connectivity index (χ3n) is 5.06. The van der Waals surface area contributed by atoms with Crippen molar-refractivity contribution in [1.82, 2.24) is 0 Å². The molecule has 2 heterocycles. The van der Waals surface area contributed by atoms with Crippen molar-refractivity contribution in [2.24, 2.45) is 5.92 Å². The van der Waals surface area contributed by atoms with Crippen LogP contribution < -0.4 is 10.4 Å². The first-order valence-electron chi connectivity index (χ1n) is 8.44. The summed E-state index contributed by atoms with van der Waals surface area (Å²) in [5.41, 5.74) is 0. The van der Waals surface area contributed by atoms with E-state index in [-0.39, 0.29) is 24.1 Å². The van der Waals surface area contributed by atoms with Crippen molar-refractivity contribution in [1.29, 1.82) is 0 Å². The molecule has 2 bridgehead atoms. The van der Waals surface area contributed by atoms with Gasteiger partial charge in [-0.3, -0.25) is 4.79 Å². The second-order valence-electron chi connectivity index (χ2n) is 6.66. The average Bonchev–Trinajstić information content (AvgIpc) is 2.65. The number of rotatable bonds is 4. The normalized spacial score (nSPS) is 25.4. The molecule has 0 spiro atoms. The molecule has 5 rings (SSSR count). The van der Waals surface area contributed by atoms with Crippen molar-refractivity contribution in [2.45, 2.75) is 25.2 Å². The largest absolute Gasteiger partial charge is 0.456 e.